The number of unbranched alkanes of at least 4 members (excludes halogenated alkanes) is 1. The third-order valence-electron chi connectivity index (χ3n) is 2.20. The zero-order valence-corrected chi connectivity index (χ0v) is 9.40. The van der Waals surface area contributed by atoms with Gasteiger partial charge in [0, 0.05) is 0 Å². The van der Waals surface area contributed by atoms with Crippen molar-refractivity contribution in [2.24, 2.45) is 0 Å². The lowest BCUT2D eigenvalue weighted by molar-refractivity contribution is 0.0710. The SMILES string of the molecule is CC=CC(O)C(O)C(=CCCC)CC. The second-order valence-corrected chi connectivity index (χ2v) is 3.38. The fourth-order valence-electron chi connectivity index (χ4n) is 1.33. The van der Waals surface area contributed by atoms with Crippen LogP contribution in [-0.4, -0.2) is 22.4 Å². The molecular formula is C12H22O2. The fourth-order valence-corrected chi connectivity index (χ4v) is 1.33. The maximum atomic E-state index is 9.77. The lowest BCUT2D eigenvalue weighted by Crippen LogP contribution is -2.25. The lowest BCUT2D eigenvalue weighted by Gasteiger charge is -2.17. The quantitative estimate of drug-likeness (QED) is 0.643. The third-order valence-corrected chi connectivity index (χ3v) is 2.20. The summed E-state index contributed by atoms with van der Waals surface area (Å²) >= 11 is 0. The Bertz CT molecular complexity index is 194. The van der Waals surface area contributed by atoms with Crippen molar-refractivity contribution >= 4 is 0 Å². The monoisotopic (exact) mass is 198 g/mol. The standard InChI is InChI=1S/C12H22O2/c1-4-7-9-10(6-3)12(14)11(13)8-5-2/h5,8-9,11-14H,4,6-7H2,1-3H3. The van der Waals surface area contributed by atoms with Crippen LogP contribution < -0.4 is 0 Å². The van der Waals surface area contributed by atoms with E-state index in [1.54, 1.807) is 12.2 Å². The van der Waals surface area contributed by atoms with Gasteiger partial charge in [-0.15, -0.1) is 0 Å². The molecule has 0 spiro atoms. The molecule has 0 rings (SSSR count). The Morgan fingerprint density at radius 2 is 1.93 bits per heavy atom. The van der Waals surface area contributed by atoms with E-state index < -0.39 is 12.2 Å². The predicted octanol–water partition coefficient (Wildman–Crippen LogP) is 2.42. The Kier molecular flexibility index (Phi) is 7.44. The fraction of sp³-hybridized carbons (Fsp3) is 0.667. The lowest BCUT2D eigenvalue weighted by atomic mass is 10.0. The summed E-state index contributed by atoms with van der Waals surface area (Å²) in [4.78, 5) is 0. The summed E-state index contributed by atoms with van der Waals surface area (Å²) in [6.07, 6.45) is 6.68. The molecule has 2 atom stereocenters. The van der Waals surface area contributed by atoms with Crippen LogP contribution in [0.5, 0.6) is 0 Å². The van der Waals surface area contributed by atoms with Crippen molar-refractivity contribution in [1.82, 2.24) is 0 Å². The molecule has 0 aliphatic rings. The minimum Gasteiger partial charge on any atom is -0.386 e. The number of allylic oxidation sites excluding steroid dienone is 2. The Balaban J connectivity index is 4.36. The van der Waals surface area contributed by atoms with Crippen LogP contribution in [0.2, 0.25) is 0 Å². The summed E-state index contributed by atoms with van der Waals surface area (Å²) in [5, 5.41) is 19.3. The summed E-state index contributed by atoms with van der Waals surface area (Å²) in [6, 6.07) is 0. The predicted molar refractivity (Wildman–Crippen MR) is 60.1 cm³/mol. The average molecular weight is 198 g/mol. The zero-order chi connectivity index (χ0) is 11.0. The van der Waals surface area contributed by atoms with E-state index in [4.69, 9.17) is 0 Å². The van der Waals surface area contributed by atoms with E-state index >= 15 is 0 Å². The van der Waals surface area contributed by atoms with Gasteiger partial charge >= 0.3 is 0 Å². The molecule has 0 saturated carbocycles. The highest BCUT2D eigenvalue weighted by molar-refractivity contribution is 5.12. The summed E-state index contributed by atoms with van der Waals surface area (Å²) in [7, 11) is 0. The Morgan fingerprint density at radius 1 is 1.29 bits per heavy atom. The highest BCUT2D eigenvalue weighted by atomic mass is 16.3. The Hall–Kier alpha value is -0.600. The molecule has 14 heavy (non-hydrogen) atoms. The molecule has 2 heteroatoms. The Labute approximate surface area is 87.0 Å². The number of rotatable bonds is 6. The Morgan fingerprint density at radius 3 is 2.36 bits per heavy atom. The van der Waals surface area contributed by atoms with E-state index in [0.29, 0.717) is 0 Å². The van der Waals surface area contributed by atoms with Crippen LogP contribution in [0.15, 0.2) is 23.8 Å². The highest BCUT2D eigenvalue weighted by Crippen LogP contribution is 2.13. The van der Waals surface area contributed by atoms with Gasteiger partial charge in [0.25, 0.3) is 0 Å². The van der Waals surface area contributed by atoms with Gasteiger partial charge < -0.3 is 10.2 Å². The molecule has 0 bridgehead atoms. The van der Waals surface area contributed by atoms with Crippen molar-refractivity contribution in [1.29, 1.82) is 0 Å². The van der Waals surface area contributed by atoms with E-state index in [-0.39, 0.29) is 0 Å². The maximum absolute atomic E-state index is 9.77. The van der Waals surface area contributed by atoms with Gasteiger partial charge in [0.2, 0.25) is 0 Å². The van der Waals surface area contributed by atoms with E-state index in [1.807, 2.05) is 19.9 Å². The first kappa shape index (κ1) is 13.4. The molecule has 0 aliphatic heterocycles. The summed E-state index contributed by atoms with van der Waals surface area (Å²) in [5.74, 6) is 0. The topological polar surface area (TPSA) is 40.5 Å². The molecule has 0 aromatic carbocycles. The largest absolute Gasteiger partial charge is 0.386 e. The number of aliphatic hydroxyl groups is 2. The molecule has 0 radical (unpaired) electrons. The molecule has 0 amide bonds. The summed E-state index contributed by atoms with van der Waals surface area (Å²) in [6.45, 7) is 5.92. The van der Waals surface area contributed by atoms with Gasteiger partial charge in [-0.05, 0) is 25.3 Å². The molecule has 0 aliphatic carbocycles. The van der Waals surface area contributed by atoms with Gasteiger partial charge in [-0.3, -0.25) is 0 Å². The van der Waals surface area contributed by atoms with Crippen molar-refractivity contribution in [2.75, 3.05) is 0 Å². The normalized spacial score (nSPS) is 17.4. The van der Waals surface area contributed by atoms with Crippen molar-refractivity contribution in [3.8, 4) is 0 Å². The van der Waals surface area contributed by atoms with E-state index in [2.05, 4.69) is 6.92 Å². The van der Waals surface area contributed by atoms with Gasteiger partial charge in [0.1, 0.15) is 12.2 Å². The highest BCUT2D eigenvalue weighted by Gasteiger charge is 2.15. The van der Waals surface area contributed by atoms with Crippen molar-refractivity contribution < 1.29 is 10.2 Å². The second kappa shape index (κ2) is 7.77. The molecular weight excluding hydrogens is 176 g/mol. The molecule has 0 saturated heterocycles. The second-order valence-electron chi connectivity index (χ2n) is 3.38. The number of aliphatic hydroxyl groups excluding tert-OH is 2. The van der Waals surface area contributed by atoms with E-state index in [9.17, 15) is 10.2 Å². The summed E-state index contributed by atoms with van der Waals surface area (Å²) < 4.78 is 0. The average Bonchev–Trinajstić information content (AvgIpc) is 2.19. The molecule has 0 fully saturated rings. The smallest absolute Gasteiger partial charge is 0.104 e. The number of hydrogen-bond donors (Lipinski definition) is 2. The summed E-state index contributed by atoms with van der Waals surface area (Å²) in [5.41, 5.74) is 0.928. The van der Waals surface area contributed by atoms with Crippen LogP contribution in [-0.2, 0) is 0 Å². The zero-order valence-electron chi connectivity index (χ0n) is 9.40. The van der Waals surface area contributed by atoms with Gasteiger partial charge in [0.05, 0.1) is 0 Å². The van der Waals surface area contributed by atoms with Crippen molar-refractivity contribution in [3.05, 3.63) is 23.8 Å². The first-order valence-corrected chi connectivity index (χ1v) is 5.35. The van der Waals surface area contributed by atoms with Crippen LogP contribution in [0.1, 0.15) is 40.0 Å². The van der Waals surface area contributed by atoms with Crippen LogP contribution in [0.4, 0.5) is 0 Å². The minimum atomic E-state index is -0.775. The molecule has 0 heterocycles. The maximum Gasteiger partial charge on any atom is 0.104 e. The molecule has 0 aromatic rings. The van der Waals surface area contributed by atoms with Gasteiger partial charge in [-0.25, -0.2) is 0 Å². The van der Waals surface area contributed by atoms with Crippen LogP contribution >= 0.6 is 0 Å². The molecule has 2 N–H and O–H groups in total. The molecule has 0 aromatic heterocycles. The van der Waals surface area contributed by atoms with Gasteiger partial charge in [0.15, 0.2) is 0 Å². The van der Waals surface area contributed by atoms with Crippen molar-refractivity contribution in [2.45, 2.75) is 52.2 Å². The first-order valence-electron chi connectivity index (χ1n) is 5.35. The molecule has 2 nitrogen and oxygen atoms in total. The van der Waals surface area contributed by atoms with Crippen LogP contribution in [0.3, 0.4) is 0 Å². The van der Waals surface area contributed by atoms with E-state index in [1.165, 1.54) is 0 Å². The van der Waals surface area contributed by atoms with Gasteiger partial charge in [-0.1, -0.05) is 38.5 Å². The first-order chi connectivity index (χ1) is 6.67. The van der Waals surface area contributed by atoms with E-state index in [0.717, 1.165) is 24.8 Å². The minimum absolute atomic E-state index is 0.747. The van der Waals surface area contributed by atoms with Crippen LogP contribution in [0.25, 0.3) is 0 Å². The third kappa shape index (κ3) is 4.58. The molecule has 82 valence electrons. The van der Waals surface area contributed by atoms with Crippen molar-refractivity contribution in [3.63, 3.8) is 0 Å². The van der Waals surface area contributed by atoms with Crippen LogP contribution in [0, 0.1) is 0 Å². The number of hydrogen-bond acceptors (Lipinski definition) is 2. The van der Waals surface area contributed by atoms with Gasteiger partial charge in [-0.2, -0.15) is 0 Å². The molecule has 2 unspecified atom stereocenters.